The molecule has 146 valence electrons. The van der Waals surface area contributed by atoms with E-state index in [9.17, 15) is 26.0 Å². The van der Waals surface area contributed by atoms with Crippen LogP contribution in [0.3, 0.4) is 0 Å². The van der Waals surface area contributed by atoms with E-state index in [0.29, 0.717) is 0 Å². The molecule has 2 aromatic heterocycles. The zero-order valence-electron chi connectivity index (χ0n) is 13.9. The van der Waals surface area contributed by atoms with Gasteiger partial charge in [-0.15, -0.1) is 5.10 Å². The van der Waals surface area contributed by atoms with Crippen molar-refractivity contribution in [3.63, 3.8) is 0 Å². The third-order valence-electron chi connectivity index (χ3n) is 4.23. The third-order valence-corrected chi connectivity index (χ3v) is 5.50. The summed E-state index contributed by atoms with van der Waals surface area (Å²) >= 11 is 0. The first-order valence-electron chi connectivity index (χ1n) is 7.72. The SMILES string of the molecule is CS(=O)(=O)N1CC[C@@H](Nc2ncc3c(C(F)(F)F)c(C#N)cn3n2)[C@H](F)C1. The highest BCUT2D eigenvalue weighted by molar-refractivity contribution is 7.88. The minimum absolute atomic E-state index is 0.0967. The number of fused-ring (bicyclic) bond motifs is 1. The summed E-state index contributed by atoms with van der Waals surface area (Å²) in [5, 5.41) is 15.4. The summed E-state index contributed by atoms with van der Waals surface area (Å²) in [6.45, 7) is -0.238. The molecule has 1 fully saturated rings. The minimum Gasteiger partial charge on any atom is -0.347 e. The van der Waals surface area contributed by atoms with Gasteiger partial charge in [-0.2, -0.15) is 22.7 Å². The zero-order chi connectivity index (χ0) is 20.0. The van der Waals surface area contributed by atoms with E-state index in [1.54, 1.807) is 0 Å². The van der Waals surface area contributed by atoms with Crippen molar-refractivity contribution in [3.05, 3.63) is 23.5 Å². The van der Waals surface area contributed by atoms with Gasteiger partial charge in [-0.05, 0) is 6.42 Å². The lowest BCUT2D eigenvalue weighted by atomic mass is 10.1. The monoisotopic (exact) mass is 406 g/mol. The molecule has 1 aliphatic heterocycles. The smallest absolute Gasteiger partial charge is 0.347 e. The molecule has 3 heterocycles. The second kappa shape index (κ2) is 6.61. The number of nitrogens with zero attached hydrogens (tertiary/aromatic N) is 5. The van der Waals surface area contributed by atoms with Crippen LogP contribution in [0.4, 0.5) is 23.5 Å². The van der Waals surface area contributed by atoms with Crippen molar-refractivity contribution < 1.29 is 26.0 Å². The molecule has 0 unspecified atom stereocenters. The summed E-state index contributed by atoms with van der Waals surface area (Å²) in [5.41, 5.74) is -2.13. The summed E-state index contributed by atoms with van der Waals surface area (Å²) in [6.07, 6.45) is -3.35. The van der Waals surface area contributed by atoms with Gasteiger partial charge in [0.1, 0.15) is 17.8 Å². The molecule has 8 nitrogen and oxygen atoms in total. The Kier molecular flexibility index (Phi) is 4.73. The molecule has 0 radical (unpaired) electrons. The Bertz CT molecular complexity index is 1010. The zero-order valence-corrected chi connectivity index (χ0v) is 14.7. The lowest BCUT2D eigenvalue weighted by Gasteiger charge is -2.33. The minimum atomic E-state index is -4.75. The van der Waals surface area contributed by atoms with Gasteiger partial charge in [-0.25, -0.2) is 22.3 Å². The van der Waals surface area contributed by atoms with Crippen LogP contribution in [-0.2, 0) is 16.2 Å². The Morgan fingerprint density at radius 1 is 1.41 bits per heavy atom. The Morgan fingerprint density at radius 3 is 2.67 bits per heavy atom. The van der Waals surface area contributed by atoms with Crippen molar-refractivity contribution in [2.24, 2.45) is 0 Å². The fraction of sp³-hybridized carbons (Fsp3) is 0.500. The Hall–Kier alpha value is -2.46. The first-order valence-corrected chi connectivity index (χ1v) is 9.57. The number of alkyl halides is 4. The predicted octanol–water partition coefficient (Wildman–Crippen LogP) is 1.40. The standard InChI is InChI=1S/C14H14F4N6O2S/c1-27(25,26)23-3-2-10(9(15)7-23)21-13-20-5-11-12(14(16,17)18)8(4-19)6-24(11)22-13/h5-6,9-10H,2-3,7H2,1H3,(H,21,22)/t9-,10-/m1/s1. The van der Waals surface area contributed by atoms with Crippen molar-refractivity contribution in [1.29, 1.82) is 5.26 Å². The number of rotatable bonds is 3. The highest BCUT2D eigenvalue weighted by Crippen LogP contribution is 2.35. The van der Waals surface area contributed by atoms with E-state index in [1.165, 1.54) is 6.07 Å². The number of anilines is 1. The quantitative estimate of drug-likeness (QED) is 0.773. The maximum atomic E-state index is 14.3. The normalized spacial score (nSPS) is 21.9. The van der Waals surface area contributed by atoms with Crippen LogP contribution in [0.2, 0.25) is 0 Å². The number of aromatic nitrogens is 3. The second-order valence-corrected chi connectivity index (χ2v) is 8.10. The lowest BCUT2D eigenvalue weighted by molar-refractivity contribution is -0.136. The van der Waals surface area contributed by atoms with Crippen LogP contribution in [0.25, 0.3) is 5.52 Å². The van der Waals surface area contributed by atoms with Crippen molar-refractivity contribution in [2.75, 3.05) is 24.7 Å². The molecule has 3 rings (SSSR count). The Morgan fingerprint density at radius 2 is 2.11 bits per heavy atom. The van der Waals surface area contributed by atoms with Crippen LogP contribution < -0.4 is 5.32 Å². The fourth-order valence-electron chi connectivity index (χ4n) is 2.92. The van der Waals surface area contributed by atoms with Crippen molar-refractivity contribution in [3.8, 4) is 6.07 Å². The third kappa shape index (κ3) is 3.81. The molecule has 2 aromatic rings. The van der Waals surface area contributed by atoms with Gasteiger partial charge in [0.25, 0.3) is 0 Å². The molecule has 2 atom stereocenters. The van der Waals surface area contributed by atoms with Crippen molar-refractivity contribution in [1.82, 2.24) is 18.9 Å². The predicted molar refractivity (Wildman–Crippen MR) is 86.0 cm³/mol. The molecule has 0 amide bonds. The van der Waals surface area contributed by atoms with E-state index in [1.807, 2.05) is 0 Å². The molecule has 1 saturated heterocycles. The number of halogens is 4. The molecule has 0 bridgehead atoms. The van der Waals surface area contributed by atoms with Gasteiger partial charge in [0.2, 0.25) is 16.0 Å². The maximum absolute atomic E-state index is 14.3. The van der Waals surface area contributed by atoms with Gasteiger partial charge in [-0.1, -0.05) is 0 Å². The van der Waals surface area contributed by atoms with Crippen LogP contribution in [0.5, 0.6) is 0 Å². The Balaban J connectivity index is 1.84. The van der Waals surface area contributed by atoms with E-state index < -0.39 is 45.1 Å². The number of piperidine rings is 1. The molecular formula is C14H14F4N6O2S. The van der Waals surface area contributed by atoms with Crippen LogP contribution >= 0.6 is 0 Å². The molecule has 0 spiro atoms. The van der Waals surface area contributed by atoms with E-state index in [2.05, 4.69) is 15.4 Å². The second-order valence-electron chi connectivity index (χ2n) is 6.12. The number of hydrogen-bond donors (Lipinski definition) is 1. The molecule has 27 heavy (non-hydrogen) atoms. The summed E-state index contributed by atoms with van der Waals surface area (Å²) in [7, 11) is -3.51. The maximum Gasteiger partial charge on any atom is 0.419 e. The van der Waals surface area contributed by atoms with Crippen LogP contribution in [-0.4, -0.2) is 58.9 Å². The average molecular weight is 406 g/mol. The van der Waals surface area contributed by atoms with Crippen molar-refractivity contribution in [2.45, 2.75) is 24.8 Å². The largest absolute Gasteiger partial charge is 0.419 e. The topological polar surface area (TPSA) is 103 Å². The number of sulfonamides is 1. The molecule has 0 aromatic carbocycles. The van der Waals surface area contributed by atoms with Gasteiger partial charge in [0.05, 0.1) is 29.6 Å². The molecule has 1 N–H and O–H groups in total. The average Bonchev–Trinajstić information content (AvgIpc) is 2.93. The lowest BCUT2D eigenvalue weighted by Crippen LogP contribution is -2.49. The number of hydrogen-bond acceptors (Lipinski definition) is 6. The van der Waals surface area contributed by atoms with Gasteiger partial charge in [0.15, 0.2) is 0 Å². The van der Waals surface area contributed by atoms with Crippen LogP contribution in [0.15, 0.2) is 12.4 Å². The number of nitrogens with one attached hydrogen (secondary N) is 1. The van der Waals surface area contributed by atoms with Crippen LogP contribution in [0.1, 0.15) is 17.5 Å². The molecule has 0 saturated carbocycles. The molecule has 0 aliphatic carbocycles. The highest BCUT2D eigenvalue weighted by atomic mass is 32.2. The highest BCUT2D eigenvalue weighted by Gasteiger charge is 2.38. The van der Waals surface area contributed by atoms with E-state index in [4.69, 9.17) is 5.26 Å². The first kappa shape index (κ1) is 19.3. The van der Waals surface area contributed by atoms with E-state index in [-0.39, 0.29) is 25.5 Å². The van der Waals surface area contributed by atoms with Crippen LogP contribution in [0, 0.1) is 11.3 Å². The summed E-state index contributed by atoms with van der Waals surface area (Å²) in [4.78, 5) is 3.77. The summed E-state index contributed by atoms with van der Waals surface area (Å²) < 4.78 is 78.5. The first-order chi connectivity index (χ1) is 12.5. The van der Waals surface area contributed by atoms with E-state index >= 15 is 0 Å². The molecule has 13 heteroatoms. The number of nitriles is 1. The van der Waals surface area contributed by atoms with E-state index in [0.717, 1.165) is 27.5 Å². The molecular weight excluding hydrogens is 392 g/mol. The Labute approximate surface area is 151 Å². The fourth-order valence-corrected chi connectivity index (χ4v) is 3.77. The van der Waals surface area contributed by atoms with Crippen molar-refractivity contribution >= 4 is 21.5 Å². The molecule has 1 aliphatic rings. The summed E-state index contributed by atoms with van der Waals surface area (Å²) in [6, 6.07) is 0.669. The summed E-state index contributed by atoms with van der Waals surface area (Å²) in [5.74, 6) is -0.129. The van der Waals surface area contributed by atoms with Gasteiger partial charge >= 0.3 is 6.18 Å². The van der Waals surface area contributed by atoms with Gasteiger partial charge < -0.3 is 5.32 Å². The van der Waals surface area contributed by atoms with Gasteiger partial charge in [0, 0.05) is 19.3 Å². The van der Waals surface area contributed by atoms with Gasteiger partial charge in [-0.3, -0.25) is 0 Å².